The Morgan fingerprint density at radius 1 is 1.20 bits per heavy atom. The van der Waals surface area contributed by atoms with Gasteiger partial charge >= 0.3 is 0 Å². The fourth-order valence-electron chi connectivity index (χ4n) is 2.09. The molecule has 0 aromatic heterocycles. The van der Waals surface area contributed by atoms with Crippen molar-refractivity contribution < 1.29 is 9.53 Å². The second-order valence-electron chi connectivity index (χ2n) is 5.54. The average Bonchev–Trinajstić information content (AvgIpc) is 2.12. The minimum atomic E-state index is -0.0510. The molecule has 0 radical (unpaired) electrons. The first-order valence-electron chi connectivity index (χ1n) is 5.10. The van der Waals surface area contributed by atoms with Crippen molar-refractivity contribution in [3.8, 4) is 0 Å². The Morgan fingerprint density at radius 3 is 2.20 bits per heavy atom. The SMILES string of the molecule is CC1(C)C[C@H](OC=O)C(C)(C)[C@@H](Br)[C@@H]1Br. The van der Waals surface area contributed by atoms with Gasteiger partial charge in [0.05, 0.1) is 0 Å². The van der Waals surface area contributed by atoms with E-state index in [0.717, 1.165) is 6.42 Å². The van der Waals surface area contributed by atoms with E-state index in [1.54, 1.807) is 0 Å². The molecule has 3 atom stereocenters. The number of carbonyl (C=O) groups excluding carboxylic acids is 1. The molecule has 1 rings (SSSR count). The monoisotopic (exact) mass is 340 g/mol. The molecule has 1 aliphatic rings. The molecular weight excluding hydrogens is 324 g/mol. The summed E-state index contributed by atoms with van der Waals surface area (Å²) in [7, 11) is 0. The van der Waals surface area contributed by atoms with Gasteiger partial charge < -0.3 is 4.74 Å². The van der Waals surface area contributed by atoms with E-state index in [0.29, 0.717) is 16.1 Å². The molecule has 0 saturated heterocycles. The van der Waals surface area contributed by atoms with Crippen LogP contribution in [0.5, 0.6) is 0 Å². The van der Waals surface area contributed by atoms with Crippen LogP contribution in [0.25, 0.3) is 0 Å². The quantitative estimate of drug-likeness (QED) is 0.567. The lowest BCUT2D eigenvalue weighted by Gasteiger charge is -2.51. The predicted molar refractivity (Wildman–Crippen MR) is 68.5 cm³/mol. The third-order valence-electron chi connectivity index (χ3n) is 3.48. The molecule has 2 nitrogen and oxygen atoms in total. The van der Waals surface area contributed by atoms with E-state index in [1.165, 1.54) is 0 Å². The smallest absolute Gasteiger partial charge is 0.293 e. The Balaban J connectivity index is 2.96. The average molecular weight is 342 g/mol. The second kappa shape index (κ2) is 4.36. The Morgan fingerprint density at radius 2 is 1.73 bits per heavy atom. The van der Waals surface area contributed by atoms with Gasteiger partial charge in [-0.2, -0.15) is 0 Å². The van der Waals surface area contributed by atoms with Gasteiger partial charge in [-0.05, 0) is 11.8 Å². The van der Waals surface area contributed by atoms with Crippen LogP contribution in [0.4, 0.5) is 0 Å². The van der Waals surface area contributed by atoms with Crippen molar-refractivity contribution in [3.05, 3.63) is 0 Å². The summed E-state index contributed by atoms with van der Waals surface area (Å²) in [5.74, 6) is 0. The van der Waals surface area contributed by atoms with Crippen molar-refractivity contribution >= 4 is 38.3 Å². The number of rotatable bonds is 2. The third kappa shape index (κ3) is 2.41. The summed E-state index contributed by atoms with van der Waals surface area (Å²) >= 11 is 7.46. The van der Waals surface area contributed by atoms with E-state index in [2.05, 4.69) is 59.6 Å². The second-order valence-corrected chi connectivity index (χ2v) is 7.51. The van der Waals surface area contributed by atoms with Gasteiger partial charge in [0.1, 0.15) is 6.10 Å². The van der Waals surface area contributed by atoms with Crippen LogP contribution in [0, 0.1) is 10.8 Å². The van der Waals surface area contributed by atoms with Crippen molar-refractivity contribution in [1.82, 2.24) is 0 Å². The molecule has 0 unspecified atom stereocenters. The summed E-state index contributed by atoms with van der Waals surface area (Å²) < 4.78 is 5.22. The first kappa shape index (κ1) is 13.5. The van der Waals surface area contributed by atoms with E-state index in [-0.39, 0.29) is 16.9 Å². The molecule has 88 valence electrons. The standard InChI is InChI=1S/C11H18Br2O2/c1-10(2)5-7(15-6-14)11(3,4)9(13)8(10)12/h6-9H,5H2,1-4H3/t7-,8-,9-/m0/s1. The summed E-state index contributed by atoms with van der Waals surface area (Å²) in [4.78, 5) is 11.2. The van der Waals surface area contributed by atoms with Gasteiger partial charge in [0.15, 0.2) is 0 Å². The fraction of sp³-hybridized carbons (Fsp3) is 0.909. The van der Waals surface area contributed by atoms with Crippen molar-refractivity contribution in [3.63, 3.8) is 0 Å². The van der Waals surface area contributed by atoms with Crippen LogP contribution in [0.2, 0.25) is 0 Å². The van der Waals surface area contributed by atoms with Crippen LogP contribution in [0.15, 0.2) is 0 Å². The van der Waals surface area contributed by atoms with Crippen molar-refractivity contribution in [2.75, 3.05) is 0 Å². The number of hydrogen-bond acceptors (Lipinski definition) is 2. The topological polar surface area (TPSA) is 26.3 Å². The van der Waals surface area contributed by atoms with E-state index in [1.807, 2.05) is 0 Å². The molecule has 0 bridgehead atoms. The first-order valence-corrected chi connectivity index (χ1v) is 6.94. The van der Waals surface area contributed by atoms with Gasteiger partial charge in [-0.25, -0.2) is 0 Å². The van der Waals surface area contributed by atoms with Gasteiger partial charge in [0.25, 0.3) is 6.47 Å². The zero-order chi connectivity index (χ0) is 11.9. The summed E-state index contributed by atoms with van der Waals surface area (Å²) in [6.45, 7) is 9.21. The van der Waals surface area contributed by atoms with Crippen LogP contribution in [-0.2, 0) is 9.53 Å². The van der Waals surface area contributed by atoms with Crippen molar-refractivity contribution in [1.29, 1.82) is 0 Å². The van der Waals surface area contributed by atoms with Crippen LogP contribution < -0.4 is 0 Å². The maximum Gasteiger partial charge on any atom is 0.293 e. The van der Waals surface area contributed by atoms with Crippen molar-refractivity contribution in [2.24, 2.45) is 10.8 Å². The zero-order valence-corrected chi connectivity index (χ0v) is 12.8. The lowest BCUT2D eigenvalue weighted by Crippen LogP contribution is -2.54. The van der Waals surface area contributed by atoms with Gasteiger partial charge in [-0.3, -0.25) is 4.79 Å². The van der Waals surface area contributed by atoms with Gasteiger partial charge in [-0.1, -0.05) is 59.6 Å². The minimum absolute atomic E-state index is 0.0248. The lowest BCUT2D eigenvalue weighted by atomic mass is 9.65. The van der Waals surface area contributed by atoms with Crippen LogP contribution >= 0.6 is 31.9 Å². The lowest BCUT2D eigenvalue weighted by molar-refractivity contribution is -0.144. The highest BCUT2D eigenvalue weighted by atomic mass is 79.9. The highest BCUT2D eigenvalue weighted by Gasteiger charge is 2.52. The molecule has 4 heteroatoms. The molecule has 0 aliphatic heterocycles. The Hall–Kier alpha value is 0.430. The number of alkyl halides is 2. The third-order valence-corrected chi connectivity index (χ3v) is 7.66. The molecule has 15 heavy (non-hydrogen) atoms. The highest BCUT2D eigenvalue weighted by Crippen LogP contribution is 2.52. The molecule has 0 aromatic carbocycles. The van der Waals surface area contributed by atoms with Crippen LogP contribution in [0.1, 0.15) is 34.1 Å². The van der Waals surface area contributed by atoms with Crippen LogP contribution in [-0.4, -0.2) is 22.2 Å². The summed E-state index contributed by atoms with van der Waals surface area (Å²) in [5, 5.41) is 0. The normalized spacial score (nSPS) is 38.4. The molecule has 0 amide bonds. The summed E-state index contributed by atoms with van der Waals surface area (Å²) in [6.07, 6.45) is 0.861. The molecule has 0 heterocycles. The maximum atomic E-state index is 10.5. The Bertz CT molecular complexity index is 251. The minimum Gasteiger partial charge on any atom is -0.464 e. The van der Waals surface area contributed by atoms with Gasteiger partial charge in [-0.15, -0.1) is 0 Å². The summed E-state index contributed by atoms with van der Waals surface area (Å²) in [5.41, 5.74) is 0.0714. The molecule has 0 aromatic rings. The summed E-state index contributed by atoms with van der Waals surface area (Å²) in [6, 6.07) is 0. The molecule has 0 spiro atoms. The molecule has 0 N–H and O–H groups in total. The molecule has 1 fully saturated rings. The van der Waals surface area contributed by atoms with E-state index >= 15 is 0 Å². The van der Waals surface area contributed by atoms with Gasteiger partial charge in [0, 0.05) is 15.1 Å². The van der Waals surface area contributed by atoms with E-state index < -0.39 is 0 Å². The van der Waals surface area contributed by atoms with Crippen LogP contribution in [0.3, 0.4) is 0 Å². The zero-order valence-electron chi connectivity index (χ0n) is 9.59. The molecular formula is C11H18Br2O2. The van der Waals surface area contributed by atoms with Gasteiger partial charge in [0.2, 0.25) is 0 Å². The highest BCUT2D eigenvalue weighted by molar-refractivity contribution is 9.12. The largest absolute Gasteiger partial charge is 0.464 e. The van der Waals surface area contributed by atoms with Crippen molar-refractivity contribution in [2.45, 2.75) is 49.9 Å². The number of ether oxygens (including phenoxy) is 1. The fourth-order valence-corrected chi connectivity index (χ4v) is 3.97. The predicted octanol–water partition coefficient (Wildman–Crippen LogP) is 3.51. The number of halogens is 2. The molecule has 1 aliphatic carbocycles. The maximum absolute atomic E-state index is 10.5. The molecule has 1 saturated carbocycles. The Kier molecular flexibility index (Phi) is 3.92. The first-order chi connectivity index (χ1) is 6.73. The number of carbonyl (C=O) groups is 1. The van der Waals surface area contributed by atoms with E-state index in [9.17, 15) is 4.79 Å². The van der Waals surface area contributed by atoms with E-state index in [4.69, 9.17) is 4.74 Å². The number of hydrogen-bond donors (Lipinski definition) is 0. The Labute approximate surface area is 108 Å².